The molecule has 1 aliphatic heterocycles. The summed E-state index contributed by atoms with van der Waals surface area (Å²) in [6.45, 7) is 16.1. The molecule has 0 saturated heterocycles. The first-order valence-corrected chi connectivity index (χ1v) is 10.1. The Bertz CT molecular complexity index is 320. The molecule has 2 atom stereocenters. The van der Waals surface area contributed by atoms with Crippen molar-refractivity contribution in [2.24, 2.45) is 10.6 Å². The van der Waals surface area contributed by atoms with Crippen molar-refractivity contribution in [1.29, 1.82) is 0 Å². The third-order valence-electron chi connectivity index (χ3n) is 3.54. The van der Waals surface area contributed by atoms with Crippen LogP contribution in [0.15, 0.2) is 17.3 Å². The van der Waals surface area contributed by atoms with E-state index >= 15 is 0 Å². The summed E-state index contributed by atoms with van der Waals surface area (Å²) in [7, 11) is -1.07. The van der Waals surface area contributed by atoms with Gasteiger partial charge in [-0.3, -0.25) is 0 Å². The minimum absolute atomic E-state index is 0.132. The fourth-order valence-corrected chi connectivity index (χ4v) is 2.21. The van der Waals surface area contributed by atoms with E-state index in [4.69, 9.17) is 4.84 Å². The van der Waals surface area contributed by atoms with Crippen molar-refractivity contribution in [3.63, 3.8) is 0 Å². The molecule has 17 heavy (non-hydrogen) atoms. The number of allylic oxidation sites excluding steroid dienone is 1. The van der Waals surface area contributed by atoms with Crippen molar-refractivity contribution < 1.29 is 4.84 Å². The average Bonchev–Trinajstić information content (AvgIpc) is 2.59. The Morgan fingerprint density at radius 2 is 1.94 bits per heavy atom. The quantitative estimate of drug-likeness (QED) is 0.537. The second kappa shape index (κ2) is 4.97. The van der Waals surface area contributed by atoms with Crippen LogP contribution in [0.5, 0.6) is 0 Å². The van der Waals surface area contributed by atoms with Crippen LogP contribution in [-0.2, 0) is 4.84 Å². The summed E-state index contributed by atoms with van der Waals surface area (Å²) < 4.78 is 0. The third kappa shape index (κ3) is 4.30. The molecule has 2 nitrogen and oxygen atoms in total. The third-order valence-corrected chi connectivity index (χ3v) is 6.46. The molecule has 0 N–H and O–H groups in total. The molecule has 0 aliphatic carbocycles. The SMILES string of the molecule is C[C@H](/C=C\[C@@H]1CC(C(C)(C)C)=NO1)[Si](C)(C)C. The van der Waals surface area contributed by atoms with E-state index in [9.17, 15) is 0 Å². The summed E-state index contributed by atoms with van der Waals surface area (Å²) in [5.74, 6) is 0. The van der Waals surface area contributed by atoms with Gasteiger partial charge in [0.05, 0.1) is 13.8 Å². The Kier molecular flexibility index (Phi) is 4.23. The number of oxime groups is 1. The highest BCUT2D eigenvalue weighted by Gasteiger charge is 2.28. The molecule has 3 heteroatoms. The van der Waals surface area contributed by atoms with Crippen LogP contribution in [-0.4, -0.2) is 19.9 Å². The molecular weight excluding hydrogens is 226 g/mol. The molecule has 98 valence electrons. The monoisotopic (exact) mass is 253 g/mol. The van der Waals surface area contributed by atoms with Crippen LogP contribution in [0.3, 0.4) is 0 Å². The van der Waals surface area contributed by atoms with E-state index < -0.39 is 8.07 Å². The minimum Gasteiger partial charge on any atom is -0.388 e. The Morgan fingerprint density at radius 1 is 1.35 bits per heavy atom. The predicted molar refractivity (Wildman–Crippen MR) is 78.3 cm³/mol. The van der Waals surface area contributed by atoms with Gasteiger partial charge in [0.2, 0.25) is 0 Å². The van der Waals surface area contributed by atoms with Gasteiger partial charge in [-0.2, -0.15) is 0 Å². The number of hydrogen-bond acceptors (Lipinski definition) is 2. The molecule has 0 spiro atoms. The van der Waals surface area contributed by atoms with Crippen molar-refractivity contribution in [2.45, 2.75) is 65.4 Å². The van der Waals surface area contributed by atoms with E-state index in [0.29, 0.717) is 5.54 Å². The summed E-state index contributed by atoms with van der Waals surface area (Å²) in [5.41, 5.74) is 1.99. The number of hydrogen-bond donors (Lipinski definition) is 0. The lowest BCUT2D eigenvalue weighted by Crippen LogP contribution is -2.25. The fraction of sp³-hybridized carbons (Fsp3) is 0.786. The molecule has 0 saturated carbocycles. The summed E-state index contributed by atoms with van der Waals surface area (Å²) >= 11 is 0. The van der Waals surface area contributed by atoms with Gasteiger partial charge in [-0.1, -0.05) is 58.6 Å². The number of rotatable bonds is 3. The van der Waals surface area contributed by atoms with Crippen molar-refractivity contribution in [3.05, 3.63) is 12.2 Å². The van der Waals surface area contributed by atoms with Crippen LogP contribution in [0.4, 0.5) is 0 Å². The first-order valence-electron chi connectivity index (χ1n) is 6.52. The summed E-state index contributed by atoms with van der Waals surface area (Å²) in [6.07, 6.45) is 5.62. The molecule has 0 unspecified atom stereocenters. The highest BCUT2D eigenvalue weighted by molar-refractivity contribution is 6.77. The van der Waals surface area contributed by atoms with Crippen LogP contribution in [0.1, 0.15) is 34.1 Å². The molecule has 1 rings (SSSR count). The molecule has 0 aromatic heterocycles. The van der Waals surface area contributed by atoms with Gasteiger partial charge in [0.15, 0.2) is 6.10 Å². The smallest absolute Gasteiger partial charge is 0.151 e. The minimum atomic E-state index is -1.07. The maximum atomic E-state index is 5.47. The summed E-state index contributed by atoms with van der Waals surface area (Å²) in [5, 5.41) is 4.21. The van der Waals surface area contributed by atoms with Gasteiger partial charge in [0, 0.05) is 11.8 Å². The van der Waals surface area contributed by atoms with Crippen molar-refractivity contribution in [3.8, 4) is 0 Å². The fourth-order valence-electron chi connectivity index (χ4n) is 1.52. The second-order valence-electron chi connectivity index (χ2n) is 7.18. The molecule has 0 amide bonds. The van der Waals surface area contributed by atoms with E-state index in [0.717, 1.165) is 6.42 Å². The molecule has 1 heterocycles. The number of nitrogens with zero attached hydrogens (tertiary/aromatic N) is 1. The molecule has 0 fully saturated rings. The lowest BCUT2D eigenvalue weighted by Gasteiger charge is -2.22. The van der Waals surface area contributed by atoms with Gasteiger partial charge < -0.3 is 4.84 Å². The van der Waals surface area contributed by atoms with Crippen LogP contribution >= 0.6 is 0 Å². The molecule has 0 radical (unpaired) electrons. The lowest BCUT2D eigenvalue weighted by molar-refractivity contribution is 0.119. The zero-order chi connectivity index (χ0) is 13.3. The highest BCUT2D eigenvalue weighted by atomic mass is 28.3. The first-order chi connectivity index (χ1) is 7.60. The molecule has 1 aliphatic rings. The molecular formula is C14H27NOSi. The Labute approximate surface area is 107 Å². The van der Waals surface area contributed by atoms with Gasteiger partial charge in [0.1, 0.15) is 0 Å². The van der Waals surface area contributed by atoms with Gasteiger partial charge in [-0.05, 0) is 11.6 Å². The maximum absolute atomic E-state index is 5.47. The van der Waals surface area contributed by atoms with Crippen molar-refractivity contribution in [1.82, 2.24) is 0 Å². The molecule has 0 bridgehead atoms. The normalized spacial score (nSPS) is 23.7. The van der Waals surface area contributed by atoms with E-state index in [1.54, 1.807) is 0 Å². The van der Waals surface area contributed by atoms with Gasteiger partial charge in [0.25, 0.3) is 0 Å². The van der Waals surface area contributed by atoms with Crippen LogP contribution in [0.25, 0.3) is 0 Å². The second-order valence-corrected chi connectivity index (χ2v) is 12.8. The van der Waals surface area contributed by atoms with Crippen LogP contribution in [0.2, 0.25) is 25.2 Å². The maximum Gasteiger partial charge on any atom is 0.151 e. The zero-order valence-electron chi connectivity index (χ0n) is 12.4. The zero-order valence-corrected chi connectivity index (χ0v) is 13.4. The Hall–Kier alpha value is -0.573. The molecule has 0 aromatic carbocycles. The average molecular weight is 253 g/mol. The highest BCUT2D eigenvalue weighted by Crippen LogP contribution is 2.27. The van der Waals surface area contributed by atoms with Crippen LogP contribution < -0.4 is 0 Å². The van der Waals surface area contributed by atoms with Crippen molar-refractivity contribution >= 4 is 13.8 Å². The van der Waals surface area contributed by atoms with E-state index in [2.05, 4.69) is 64.6 Å². The van der Waals surface area contributed by atoms with E-state index in [-0.39, 0.29) is 11.5 Å². The molecule has 0 aromatic rings. The summed E-state index contributed by atoms with van der Waals surface area (Å²) in [6, 6.07) is 0. The first kappa shape index (κ1) is 14.5. The van der Waals surface area contributed by atoms with E-state index in [1.165, 1.54) is 5.71 Å². The van der Waals surface area contributed by atoms with Gasteiger partial charge >= 0.3 is 0 Å². The van der Waals surface area contributed by atoms with E-state index in [1.807, 2.05) is 0 Å². The Balaban J connectivity index is 2.51. The van der Waals surface area contributed by atoms with Gasteiger partial charge in [-0.15, -0.1) is 0 Å². The Morgan fingerprint density at radius 3 is 2.35 bits per heavy atom. The van der Waals surface area contributed by atoms with Crippen LogP contribution in [0, 0.1) is 5.41 Å². The van der Waals surface area contributed by atoms with Gasteiger partial charge in [-0.25, -0.2) is 0 Å². The summed E-state index contributed by atoms with van der Waals surface area (Å²) in [4.78, 5) is 5.47. The predicted octanol–water partition coefficient (Wildman–Crippen LogP) is 4.46. The lowest BCUT2D eigenvalue weighted by atomic mass is 9.87. The van der Waals surface area contributed by atoms with Crippen molar-refractivity contribution in [2.75, 3.05) is 0 Å². The largest absolute Gasteiger partial charge is 0.388 e. The topological polar surface area (TPSA) is 21.6 Å². The standard InChI is InChI=1S/C14H27NOSi/c1-11(17(5,6)7)8-9-12-10-13(15-16-12)14(2,3)4/h8-9,11-12H,10H2,1-7H3/b9-8-/t11-,12-/m1/s1.